The average Bonchev–Trinajstić information content (AvgIpc) is 3.08. The second-order valence-corrected chi connectivity index (χ2v) is 9.05. The summed E-state index contributed by atoms with van der Waals surface area (Å²) in [5.41, 5.74) is 1.80. The van der Waals surface area contributed by atoms with Crippen LogP contribution in [0.5, 0.6) is 5.75 Å². The molecule has 0 saturated heterocycles. The zero-order valence-corrected chi connectivity index (χ0v) is 18.0. The van der Waals surface area contributed by atoms with Crippen LogP contribution in [0.25, 0.3) is 0 Å². The lowest BCUT2D eigenvalue weighted by Crippen LogP contribution is -2.45. The smallest absolute Gasteiger partial charge is 0.303 e. The maximum absolute atomic E-state index is 13.5. The number of amides is 1. The fraction of sp³-hybridized carbons (Fsp3) is 0.400. The number of nitrogens with zero attached hydrogens (tertiary/aromatic N) is 2. The first kappa shape index (κ1) is 20.7. The quantitative estimate of drug-likeness (QED) is 0.668. The van der Waals surface area contributed by atoms with Crippen LogP contribution in [0.4, 0.5) is 5.69 Å². The zero-order chi connectivity index (χ0) is 20.3. The second kappa shape index (κ2) is 8.98. The van der Waals surface area contributed by atoms with Crippen LogP contribution in [0.3, 0.4) is 0 Å². The summed E-state index contributed by atoms with van der Waals surface area (Å²) in [6, 6.07) is 9.51. The third-order valence-corrected chi connectivity index (χ3v) is 6.90. The van der Waals surface area contributed by atoms with E-state index in [1.165, 1.54) is 6.92 Å². The van der Waals surface area contributed by atoms with Crippen molar-refractivity contribution in [2.75, 3.05) is 39.2 Å². The number of methoxy groups -OCH3 is 1. The van der Waals surface area contributed by atoms with Gasteiger partial charge in [-0.3, -0.25) is 9.59 Å². The summed E-state index contributed by atoms with van der Waals surface area (Å²) in [7, 11) is 5.55. The molecule has 2 heterocycles. The molecule has 28 heavy (non-hydrogen) atoms. The maximum atomic E-state index is 13.5. The minimum Gasteiger partial charge on any atom is -0.497 e. The molecule has 0 radical (unpaired) electrons. The molecule has 1 aliphatic rings. The maximum Gasteiger partial charge on any atom is 0.303 e. The van der Waals surface area contributed by atoms with Crippen LogP contribution >= 0.6 is 23.1 Å². The number of hydrogen-bond donors (Lipinski definition) is 0. The van der Waals surface area contributed by atoms with Crippen molar-refractivity contribution in [2.24, 2.45) is 0 Å². The van der Waals surface area contributed by atoms with Gasteiger partial charge in [0, 0.05) is 20.0 Å². The van der Waals surface area contributed by atoms with Crippen molar-refractivity contribution in [1.82, 2.24) is 4.90 Å². The summed E-state index contributed by atoms with van der Waals surface area (Å²) >= 11 is 3.16. The Morgan fingerprint density at radius 1 is 1.21 bits per heavy atom. The van der Waals surface area contributed by atoms with E-state index in [2.05, 4.69) is 0 Å². The number of carbonyl (C=O) groups excluding carboxylic acids is 2. The van der Waals surface area contributed by atoms with Crippen molar-refractivity contribution in [2.45, 2.75) is 22.5 Å². The second-order valence-electron chi connectivity index (χ2n) is 6.73. The van der Waals surface area contributed by atoms with E-state index in [1.54, 1.807) is 35.1 Å². The van der Waals surface area contributed by atoms with Crippen molar-refractivity contribution in [3.63, 3.8) is 0 Å². The summed E-state index contributed by atoms with van der Waals surface area (Å²) in [5, 5.41) is 1.66. The Hall–Kier alpha value is -2.03. The van der Waals surface area contributed by atoms with Crippen LogP contribution < -0.4 is 9.64 Å². The van der Waals surface area contributed by atoms with Crippen LogP contribution in [0.1, 0.15) is 17.7 Å². The largest absolute Gasteiger partial charge is 0.497 e. The highest BCUT2D eigenvalue weighted by atomic mass is 32.2. The van der Waals surface area contributed by atoms with E-state index >= 15 is 0 Å². The number of ether oxygens (including phenoxy) is 2. The number of likely N-dealkylation sites (N-methyl/N-ethyl adjacent to an activating group) is 1. The molecule has 1 aromatic carbocycles. The lowest BCUT2D eigenvalue weighted by Gasteiger charge is -2.28. The van der Waals surface area contributed by atoms with Gasteiger partial charge in [-0.05, 0) is 43.2 Å². The number of rotatable bonds is 6. The molecule has 0 aliphatic carbocycles. The zero-order valence-electron chi connectivity index (χ0n) is 16.4. The van der Waals surface area contributed by atoms with Gasteiger partial charge in [0.05, 0.1) is 22.3 Å². The molecule has 0 bridgehead atoms. The molecule has 0 spiro atoms. The highest BCUT2D eigenvalue weighted by molar-refractivity contribution is 8.01. The van der Waals surface area contributed by atoms with E-state index in [0.717, 1.165) is 21.2 Å². The first-order valence-corrected chi connectivity index (χ1v) is 10.7. The van der Waals surface area contributed by atoms with Crippen LogP contribution in [-0.2, 0) is 14.3 Å². The molecule has 1 aromatic heterocycles. The number of esters is 1. The van der Waals surface area contributed by atoms with E-state index in [9.17, 15) is 9.59 Å². The van der Waals surface area contributed by atoms with Gasteiger partial charge in [-0.25, -0.2) is 0 Å². The van der Waals surface area contributed by atoms with E-state index in [1.807, 2.05) is 54.7 Å². The molecule has 150 valence electrons. The predicted octanol–water partition coefficient (Wildman–Crippen LogP) is 3.43. The first-order valence-electron chi connectivity index (χ1n) is 8.92. The Kier molecular flexibility index (Phi) is 6.64. The molecular formula is C20H24N2O4S2. The summed E-state index contributed by atoms with van der Waals surface area (Å²) < 4.78 is 11.8. The number of thiophene rings is 1. The number of carbonyl (C=O) groups is 2. The Labute approximate surface area is 173 Å². The fourth-order valence-corrected chi connectivity index (χ4v) is 5.45. The average molecular weight is 421 g/mol. The molecule has 1 amide bonds. The Morgan fingerprint density at radius 3 is 2.54 bits per heavy atom. The standard InChI is InChI=1S/C20H24N2O4S2/c1-13(23)26-17-18(14-5-7-15(25-4)8-6-14)28-20-16(9-12-27-20)22(19(17)24)11-10-21(2)3/h5-9,12,17-18H,10-11H2,1-4H3/t17-,18-/m0/s1. The van der Waals surface area contributed by atoms with Crippen molar-refractivity contribution >= 4 is 40.7 Å². The third kappa shape index (κ3) is 4.51. The first-order chi connectivity index (χ1) is 13.4. The number of fused-ring (bicyclic) bond motifs is 1. The number of hydrogen-bond acceptors (Lipinski definition) is 7. The molecule has 0 N–H and O–H groups in total. The van der Waals surface area contributed by atoms with Gasteiger partial charge in [0.15, 0.2) is 6.10 Å². The van der Waals surface area contributed by atoms with Crippen LogP contribution in [-0.4, -0.2) is 57.2 Å². The molecular weight excluding hydrogens is 396 g/mol. The number of thioether (sulfide) groups is 1. The summed E-state index contributed by atoms with van der Waals surface area (Å²) in [5.74, 6) is 0.0833. The molecule has 8 heteroatoms. The van der Waals surface area contributed by atoms with Crippen molar-refractivity contribution in [3.05, 3.63) is 41.3 Å². The van der Waals surface area contributed by atoms with E-state index in [-0.39, 0.29) is 11.2 Å². The molecule has 1 aliphatic heterocycles. The van der Waals surface area contributed by atoms with Gasteiger partial charge in [-0.2, -0.15) is 0 Å². The molecule has 6 nitrogen and oxygen atoms in total. The Balaban J connectivity index is 2.01. The van der Waals surface area contributed by atoms with Crippen LogP contribution in [0.2, 0.25) is 0 Å². The summed E-state index contributed by atoms with van der Waals surface area (Å²) in [6.07, 6.45) is -0.891. The van der Waals surface area contributed by atoms with Gasteiger partial charge in [0.25, 0.3) is 5.91 Å². The lowest BCUT2D eigenvalue weighted by molar-refractivity contribution is -0.152. The molecule has 3 rings (SSSR count). The monoisotopic (exact) mass is 420 g/mol. The summed E-state index contributed by atoms with van der Waals surface area (Å²) in [4.78, 5) is 29.0. The van der Waals surface area contributed by atoms with Gasteiger partial charge in [-0.1, -0.05) is 12.1 Å². The number of anilines is 1. The summed E-state index contributed by atoms with van der Waals surface area (Å²) in [6.45, 7) is 2.59. The fourth-order valence-electron chi connectivity index (χ4n) is 3.01. The van der Waals surface area contributed by atoms with E-state index in [0.29, 0.717) is 13.1 Å². The minimum absolute atomic E-state index is 0.192. The predicted molar refractivity (Wildman–Crippen MR) is 112 cm³/mol. The molecule has 0 fully saturated rings. The molecule has 0 unspecified atom stereocenters. The highest BCUT2D eigenvalue weighted by Crippen LogP contribution is 2.49. The van der Waals surface area contributed by atoms with E-state index in [4.69, 9.17) is 9.47 Å². The SMILES string of the molecule is COc1ccc([C@@H]2Sc3sccc3N(CCN(C)C)C(=O)[C@H]2OC(C)=O)cc1. The van der Waals surface area contributed by atoms with Gasteiger partial charge >= 0.3 is 5.97 Å². The normalized spacial score (nSPS) is 19.3. The van der Waals surface area contributed by atoms with Crippen molar-refractivity contribution in [3.8, 4) is 5.75 Å². The highest BCUT2D eigenvalue weighted by Gasteiger charge is 2.41. The van der Waals surface area contributed by atoms with E-state index < -0.39 is 12.1 Å². The van der Waals surface area contributed by atoms with Gasteiger partial charge in [0.1, 0.15) is 5.75 Å². The topological polar surface area (TPSA) is 59.1 Å². The van der Waals surface area contributed by atoms with Crippen molar-refractivity contribution < 1.29 is 19.1 Å². The van der Waals surface area contributed by atoms with Crippen LogP contribution in [0, 0.1) is 0 Å². The van der Waals surface area contributed by atoms with Crippen molar-refractivity contribution in [1.29, 1.82) is 0 Å². The Morgan fingerprint density at radius 2 is 1.93 bits per heavy atom. The minimum atomic E-state index is -0.891. The van der Waals surface area contributed by atoms with Gasteiger partial charge in [0.2, 0.25) is 0 Å². The molecule has 2 aromatic rings. The molecule has 0 saturated carbocycles. The van der Waals surface area contributed by atoms with Gasteiger partial charge < -0.3 is 19.3 Å². The molecule has 2 atom stereocenters. The van der Waals surface area contributed by atoms with Gasteiger partial charge in [-0.15, -0.1) is 23.1 Å². The lowest BCUT2D eigenvalue weighted by atomic mass is 10.1. The van der Waals surface area contributed by atoms with Crippen LogP contribution in [0.15, 0.2) is 39.9 Å². The number of benzene rings is 1. The third-order valence-electron chi connectivity index (χ3n) is 4.43. The Bertz CT molecular complexity index is 835.